The van der Waals surface area contributed by atoms with E-state index < -0.39 is 11.9 Å². The maximum Gasteiger partial charge on any atom is 0.308 e. The molecule has 1 atom stereocenters. The molecular formula is C10H12FNO2. The number of aliphatic carboxylic acids is 1. The highest BCUT2D eigenvalue weighted by atomic mass is 19.1. The molecule has 1 aromatic rings. The summed E-state index contributed by atoms with van der Waals surface area (Å²) in [5, 5.41) is 11.4. The Bertz CT molecular complexity index is 328. The van der Waals surface area contributed by atoms with E-state index in [0.717, 1.165) is 0 Å². The molecule has 76 valence electrons. The van der Waals surface area contributed by atoms with Gasteiger partial charge in [0.2, 0.25) is 0 Å². The van der Waals surface area contributed by atoms with Gasteiger partial charge in [0.15, 0.2) is 0 Å². The molecule has 0 saturated carbocycles. The Morgan fingerprint density at radius 2 is 2.36 bits per heavy atom. The normalized spacial score (nSPS) is 12.1. The predicted molar refractivity (Wildman–Crippen MR) is 51.7 cm³/mol. The Morgan fingerprint density at radius 3 is 2.93 bits per heavy atom. The lowest BCUT2D eigenvalue weighted by atomic mass is 10.2. The third-order valence-electron chi connectivity index (χ3n) is 1.86. The first-order valence-electron chi connectivity index (χ1n) is 4.32. The fourth-order valence-electron chi connectivity index (χ4n) is 0.957. The van der Waals surface area contributed by atoms with Gasteiger partial charge in [-0.2, -0.15) is 0 Å². The molecule has 0 spiro atoms. The van der Waals surface area contributed by atoms with Crippen LogP contribution in [0.2, 0.25) is 0 Å². The van der Waals surface area contributed by atoms with Crippen LogP contribution in [0.25, 0.3) is 0 Å². The van der Waals surface area contributed by atoms with Crippen molar-refractivity contribution < 1.29 is 14.3 Å². The van der Waals surface area contributed by atoms with Crippen molar-refractivity contribution in [3.05, 3.63) is 30.1 Å². The van der Waals surface area contributed by atoms with Crippen molar-refractivity contribution in [1.82, 2.24) is 0 Å². The van der Waals surface area contributed by atoms with Crippen LogP contribution in [0.3, 0.4) is 0 Å². The summed E-state index contributed by atoms with van der Waals surface area (Å²) in [4.78, 5) is 10.5. The Balaban J connectivity index is 2.49. The Hall–Kier alpha value is -1.58. The zero-order valence-corrected chi connectivity index (χ0v) is 7.83. The van der Waals surface area contributed by atoms with Gasteiger partial charge in [0.25, 0.3) is 0 Å². The van der Waals surface area contributed by atoms with Crippen molar-refractivity contribution in [1.29, 1.82) is 0 Å². The number of carboxylic acid groups (broad SMARTS) is 1. The zero-order chi connectivity index (χ0) is 10.6. The Kier molecular flexibility index (Phi) is 3.45. The van der Waals surface area contributed by atoms with Crippen molar-refractivity contribution in [3.8, 4) is 0 Å². The summed E-state index contributed by atoms with van der Waals surface area (Å²) in [6.45, 7) is 1.88. The summed E-state index contributed by atoms with van der Waals surface area (Å²) in [5.41, 5.74) is 0.595. The van der Waals surface area contributed by atoms with E-state index in [0.29, 0.717) is 12.2 Å². The molecule has 0 aliphatic carbocycles. The van der Waals surface area contributed by atoms with Crippen LogP contribution >= 0.6 is 0 Å². The van der Waals surface area contributed by atoms with Gasteiger partial charge in [-0.15, -0.1) is 0 Å². The molecular weight excluding hydrogens is 185 g/mol. The van der Waals surface area contributed by atoms with Gasteiger partial charge < -0.3 is 10.4 Å². The predicted octanol–water partition coefficient (Wildman–Crippen LogP) is 1.96. The summed E-state index contributed by atoms with van der Waals surface area (Å²) in [6, 6.07) is 5.93. The molecule has 4 heteroatoms. The lowest BCUT2D eigenvalue weighted by Gasteiger charge is -2.09. The maximum atomic E-state index is 12.7. The molecule has 1 aromatic carbocycles. The molecule has 0 amide bonds. The lowest BCUT2D eigenvalue weighted by Crippen LogP contribution is -2.19. The summed E-state index contributed by atoms with van der Waals surface area (Å²) in [7, 11) is 0. The number of hydrogen-bond acceptors (Lipinski definition) is 2. The first-order valence-corrected chi connectivity index (χ1v) is 4.32. The molecule has 0 saturated heterocycles. The van der Waals surface area contributed by atoms with Gasteiger partial charge in [0.05, 0.1) is 5.92 Å². The maximum absolute atomic E-state index is 12.7. The average molecular weight is 197 g/mol. The molecule has 2 N–H and O–H groups in total. The highest BCUT2D eigenvalue weighted by Crippen LogP contribution is 2.09. The summed E-state index contributed by atoms with van der Waals surface area (Å²) in [5.74, 6) is -1.69. The van der Waals surface area contributed by atoms with E-state index in [2.05, 4.69) is 5.32 Å². The minimum Gasteiger partial charge on any atom is -0.481 e. The van der Waals surface area contributed by atoms with Crippen molar-refractivity contribution in [2.45, 2.75) is 6.92 Å². The molecule has 1 unspecified atom stereocenters. The minimum absolute atomic E-state index is 0.290. The number of carbonyl (C=O) groups is 1. The van der Waals surface area contributed by atoms with Gasteiger partial charge in [-0.3, -0.25) is 4.79 Å². The molecule has 3 nitrogen and oxygen atoms in total. The number of halogens is 1. The lowest BCUT2D eigenvalue weighted by molar-refractivity contribution is -0.140. The van der Waals surface area contributed by atoms with Crippen LogP contribution in [-0.4, -0.2) is 17.6 Å². The van der Waals surface area contributed by atoms with E-state index in [4.69, 9.17) is 5.11 Å². The molecule has 0 aliphatic heterocycles. The van der Waals surface area contributed by atoms with Gasteiger partial charge >= 0.3 is 5.97 Å². The smallest absolute Gasteiger partial charge is 0.308 e. The summed E-state index contributed by atoms with van der Waals surface area (Å²) >= 11 is 0. The van der Waals surface area contributed by atoms with E-state index in [1.165, 1.54) is 12.1 Å². The van der Waals surface area contributed by atoms with Gasteiger partial charge in [0.1, 0.15) is 5.82 Å². The number of hydrogen-bond donors (Lipinski definition) is 2. The number of nitrogens with one attached hydrogen (secondary N) is 1. The van der Waals surface area contributed by atoms with Crippen LogP contribution in [-0.2, 0) is 4.79 Å². The Labute approximate surface area is 81.6 Å². The van der Waals surface area contributed by atoms with E-state index in [9.17, 15) is 9.18 Å². The van der Waals surface area contributed by atoms with E-state index in [1.807, 2.05) is 0 Å². The van der Waals surface area contributed by atoms with Crippen molar-refractivity contribution in [3.63, 3.8) is 0 Å². The van der Waals surface area contributed by atoms with Crippen molar-refractivity contribution in [2.75, 3.05) is 11.9 Å². The first-order chi connectivity index (χ1) is 6.59. The SMILES string of the molecule is CC(CNc1cccc(F)c1)C(=O)O. The number of carboxylic acids is 1. The van der Waals surface area contributed by atoms with E-state index >= 15 is 0 Å². The minimum atomic E-state index is -0.867. The van der Waals surface area contributed by atoms with E-state index in [1.54, 1.807) is 19.1 Å². The second kappa shape index (κ2) is 4.60. The summed E-state index contributed by atoms with van der Waals surface area (Å²) < 4.78 is 12.7. The third-order valence-corrected chi connectivity index (χ3v) is 1.86. The van der Waals surface area contributed by atoms with Crippen LogP contribution in [0.5, 0.6) is 0 Å². The second-order valence-corrected chi connectivity index (χ2v) is 3.13. The average Bonchev–Trinajstić information content (AvgIpc) is 2.14. The van der Waals surface area contributed by atoms with Crippen LogP contribution in [0.15, 0.2) is 24.3 Å². The number of benzene rings is 1. The molecule has 14 heavy (non-hydrogen) atoms. The van der Waals surface area contributed by atoms with E-state index in [-0.39, 0.29) is 5.82 Å². The standard InChI is InChI=1S/C10H12FNO2/c1-7(10(13)14)6-12-9-4-2-3-8(11)5-9/h2-5,7,12H,6H2,1H3,(H,13,14). The Morgan fingerprint density at radius 1 is 1.64 bits per heavy atom. The van der Waals surface area contributed by atoms with Crippen LogP contribution in [0.4, 0.5) is 10.1 Å². The van der Waals surface area contributed by atoms with Crippen LogP contribution < -0.4 is 5.32 Å². The quantitative estimate of drug-likeness (QED) is 0.775. The highest BCUT2D eigenvalue weighted by Gasteiger charge is 2.09. The molecule has 0 radical (unpaired) electrons. The molecule has 0 heterocycles. The molecule has 1 rings (SSSR count). The summed E-state index contributed by atoms with van der Waals surface area (Å²) in [6.07, 6.45) is 0. The van der Waals surface area contributed by atoms with Gasteiger partial charge in [-0.05, 0) is 18.2 Å². The second-order valence-electron chi connectivity index (χ2n) is 3.13. The zero-order valence-electron chi connectivity index (χ0n) is 7.83. The van der Waals surface area contributed by atoms with Gasteiger partial charge in [0, 0.05) is 12.2 Å². The topological polar surface area (TPSA) is 49.3 Å². The van der Waals surface area contributed by atoms with Gasteiger partial charge in [-0.1, -0.05) is 13.0 Å². The molecule has 0 fully saturated rings. The van der Waals surface area contributed by atoms with Crippen molar-refractivity contribution >= 4 is 11.7 Å². The van der Waals surface area contributed by atoms with Gasteiger partial charge in [-0.25, -0.2) is 4.39 Å². The monoisotopic (exact) mass is 197 g/mol. The largest absolute Gasteiger partial charge is 0.481 e. The fourth-order valence-corrected chi connectivity index (χ4v) is 0.957. The first kappa shape index (κ1) is 10.5. The van der Waals surface area contributed by atoms with Crippen LogP contribution in [0.1, 0.15) is 6.92 Å². The van der Waals surface area contributed by atoms with Crippen LogP contribution in [0, 0.1) is 11.7 Å². The third kappa shape index (κ3) is 3.05. The highest BCUT2D eigenvalue weighted by molar-refractivity contribution is 5.70. The molecule has 0 aliphatic rings. The van der Waals surface area contributed by atoms with Crippen molar-refractivity contribution in [2.24, 2.45) is 5.92 Å². The molecule has 0 aromatic heterocycles. The number of anilines is 1. The fraction of sp³-hybridized carbons (Fsp3) is 0.300. The number of rotatable bonds is 4. The molecule has 0 bridgehead atoms.